The first-order valence-corrected chi connectivity index (χ1v) is 6.81. The maximum atomic E-state index is 12.5. The van der Waals surface area contributed by atoms with E-state index in [0.29, 0.717) is 12.6 Å². The normalized spacial score (nSPS) is 22.1. The van der Waals surface area contributed by atoms with Gasteiger partial charge in [0.2, 0.25) is 5.91 Å². The van der Waals surface area contributed by atoms with Gasteiger partial charge in [-0.15, -0.1) is 0 Å². The van der Waals surface area contributed by atoms with Crippen molar-refractivity contribution in [1.29, 1.82) is 0 Å². The Kier molecular flexibility index (Phi) is 2.90. The number of hydrogen-bond donors (Lipinski definition) is 1. The number of furan rings is 1. The summed E-state index contributed by atoms with van der Waals surface area (Å²) in [6.07, 6.45) is 7.93. The van der Waals surface area contributed by atoms with Crippen LogP contribution < -0.4 is 5.73 Å². The molecule has 2 N–H and O–H groups in total. The first-order valence-electron chi connectivity index (χ1n) is 6.81. The van der Waals surface area contributed by atoms with E-state index in [4.69, 9.17) is 10.2 Å². The fourth-order valence-corrected chi connectivity index (χ4v) is 2.79. The largest absolute Gasteiger partial charge is 0.467 e. The lowest BCUT2D eigenvalue weighted by Gasteiger charge is -2.30. The third-order valence-electron chi connectivity index (χ3n) is 4.15. The zero-order valence-corrected chi connectivity index (χ0v) is 10.6. The molecule has 2 fully saturated rings. The summed E-state index contributed by atoms with van der Waals surface area (Å²) in [6.45, 7) is 0.565. The molecule has 1 aromatic rings. The summed E-state index contributed by atoms with van der Waals surface area (Å²) in [6, 6.07) is 4.14. The Morgan fingerprint density at radius 3 is 2.72 bits per heavy atom. The molecule has 1 amide bonds. The summed E-state index contributed by atoms with van der Waals surface area (Å²) in [7, 11) is 0. The van der Waals surface area contributed by atoms with Gasteiger partial charge in [0.25, 0.3) is 0 Å². The van der Waals surface area contributed by atoms with Crippen molar-refractivity contribution in [2.75, 3.05) is 0 Å². The summed E-state index contributed by atoms with van der Waals surface area (Å²) in [5.74, 6) is 0.963. The summed E-state index contributed by atoms with van der Waals surface area (Å²) in [5, 5.41) is 0. The molecule has 4 heteroatoms. The molecule has 0 aliphatic heterocycles. The van der Waals surface area contributed by atoms with E-state index in [1.807, 2.05) is 17.0 Å². The molecule has 1 aromatic heterocycles. The molecule has 98 valence electrons. The van der Waals surface area contributed by atoms with Crippen LogP contribution in [0, 0.1) is 0 Å². The Morgan fingerprint density at radius 1 is 1.44 bits per heavy atom. The van der Waals surface area contributed by atoms with Crippen molar-refractivity contribution in [1.82, 2.24) is 4.90 Å². The first kappa shape index (κ1) is 11.8. The predicted octanol–water partition coefficient (Wildman–Crippen LogP) is 2.04. The molecule has 0 atom stereocenters. The van der Waals surface area contributed by atoms with Gasteiger partial charge in [0.15, 0.2) is 0 Å². The standard InChI is InChI=1S/C14H20N2O2/c15-14(7-8-14)13(17)16(11-4-1-2-5-11)10-12-6-3-9-18-12/h3,6,9,11H,1-2,4-5,7-8,10,15H2. The average molecular weight is 248 g/mol. The zero-order chi connectivity index (χ0) is 12.6. The molecule has 2 aliphatic rings. The average Bonchev–Trinajstić information content (AvgIpc) is 2.85. The number of hydrogen-bond acceptors (Lipinski definition) is 3. The van der Waals surface area contributed by atoms with Crippen LogP contribution in [-0.4, -0.2) is 22.4 Å². The van der Waals surface area contributed by atoms with Crippen LogP contribution >= 0.6 is 0 Å². The molecule has 0 radical (unpaired) electrons. The second-order valence-corrected chi connectivity index (χ2v) is 5.61. The van der Waals surface area contributed by atoms with Crippen molar-refractivity contribution in [3.8, 4) is 0 Å². The number of carbonyl (C=O) groups is 1. The van der Waals surface area contributed by atoms with Crippen LogP contribution in [0.2, 0.25) is 0 Å². The lowest BCUT2D eigenvalue weighted by atomic mass is 10.1. The number of nitrogens with zero attached hydrogens (tertiary/aromatic N) is 1. The maximum Gasteiger partial charge on any atom is 0.243 e. The lowest BCUT2D eigenvalue weighted by Crippen LogP contribution is -2.49. The fourth-order valence-electron chi connectivity index (χ4n) is 2.79. The van der Waals surface area contributed by atoms with E-state index in [2.05, 4.69) is 0 Å². The van der Waals surface area contributed by atoms with Crippen molar-refractivity contribution < 1.29 is 9.21 Å². The molecule has 0 spiro atoms. The van der Waals surface area contributed by atoms with E-state index in [9.17, 15) is 4.79 Å². The molecule has 18 heavy (non-hydrogen) atoms. The molecular formula is C14H20N2O2. The van der Waals surface area contributed by atoms with Crippen LogP contribution in [-0.2, 0) is 11.3 Å². The topological polar surface area (TPSA) is 59.5 Å². The molecule has 2 aliphatic carbocycles. The van der Waals surface area contributed by atoms with Crippen molar-refractivity contribution in [3.63, 3.8) is 0 Å². The minimum absolute atomic E-state index is 0.116. The first-order chi connectivity index (χ1) is 8.69. The molecule has 0 bridgehead atoms. The van der Waals surface area contributed by atoms with Crippen LogP contribution in [0.25, 0.3) is 0 Å². The number of rotatable bonds is 4. The molecule has 1 heterocycles. The van der Waals surface area contributed by atoms with Crippen LogP contribution in [0.15, 0.2) is 22.8 Å². The lowest BCUT2D eigenvalue weighted by molar-refractivity contribution is -0.136. The van der Waals surface area contributed by atoms with Crippen LogP contribution in [0.3, 0.4) is 0 Å². The zero-order valence-electron chi connectivity index (χ0n) is 10.6. The van der Waals surface area contributed by atoms with Crippen molar-refractivity contribution >= 4 is 5.91 Å². The molecule has 0 saturated heterocycles. The highest BCUT2D eigenvalue weighted by atomic mass is 16.3. The second kappa shape index (κ2) is 4.43. The van der Waals surface area contributed by atoms with Gasteiger partial charge in [-0.3, -0.25) is 4.79 Å². The molecule has 4 nitrogen and oxygen atoms in total. The SMILES string of the molecule is NC1(C(=O)N(Cc2ccco2)C2CCCC2)CC1. The Balaban J connectivity index is 1.76. The molecule has 2 saturated carbocycles. The van der Waals surface area contributed by atoms with E-state index in [-0.39, 0.29) is 5.91 Å². The van der Waals surface area contributed by atoms with E-state index in [1.165, 1.54) is 12.8 Å². The van der Waals surface area contributed by atoms with Crippen molar-refractivity contribution in [2.45, 2.75) is 56.7 Å². The summed E-state index contributed by atoms with van der Waals surface area (Å²) in [5.41, 5.74) is 5.49. The summed E-state index contributed by atoms with van der Waals surface area (Å²) < 4.78 is 5.37. The van der Waals surface area contributed by atoms with Gasteiger partial charge in [-0.25, -0.2) is 0 Å². The molecule has 3 rings (SSSR count). The quantitative estimate of drug-likeness (QED) is 0.887. The monoisotopic (exact) mass is 248 g/mol. The van der Waals surface area contributed by atoms with Gasteiger partial charge in [0.1, 0.15) is 5.76 Å². The highest BCUT2D eigenvalue weighted by molar-refractivity contribution is 5.89. The van der Waals surface area contributed by atoms with Crippen LogP contribution in [0.4, 0.5) is 0 Å². The van der Waals surface area contributed by atoms with E-state index in [0.717, 1.165) is 31.4 Å². The van der Waals surface area contributed by atoms with Crippen molar-refractivity contribution in [3.05, 3.63) is 24.2 Å². The fraction of sp³-hybridized carbons (Fsp3) is 0.643. The number of amides is 1. The summed E-state index contributed by atoms with van der Waals surface area (Å²) in [4.78, 5) is 14.5. The van der Waals surface area contributed by atoms with Gasteiger partial charge in [-0.1, -0.05) is 12.8 Å². The molecule has 0 aromatic carbocycles. The van der Waals surface area contributed by atoms with Gasteiger partial charge in [0, 0.05) is 6.04 Å². The number of carbonyl (C=O) groups excluding carboxylic acids is 1. The van der Waals surface area contributed by atoms with Gasteiger partial charge in [-0.2, -0.15) is 0 Å². The van der Waals surface area contributed by atoms with Gasteiger partial charge in [0.05, 0.1) is 18.3 Å². The van der Waals surface area contributed by atoms with Crippen LogP contribution in [0.5, 0.6) is 0 Å². The second-order valence-electron chi connectivity index (χ2n) is 5.61. The van der Waals surface area contributed by atoms with E-state index >= 15 is 0 Å². The Bertz CT molecular complexity index is 417. The Hall–Kier alpha value is -1.29. The number of nitrogens with two attached hydrogens (primary N) is 1. The van der Waals surface area contributed by atoms with E-state index < -0.39 is 5.54 Å². The summed E-state index contributed by atoms with van der Waals surface area (Å²) >= 11 is 0. The molecular weight excluding hydrogens is 228 g/mol. The van der Waals surface area contributed by atoms with Gasteiger partial charge >= 0.3 is 0 Å². The Labute approximate surface area is 107 Å². The highest BCUT2D eigenvalue weighted by Gasteiger charge is 2.49. The van der Waals surface area contributed by atoms with Gasteiger partial charge in [-0.05, 0) is 37.8 Å². The maximum absolute atomic E-state index is 12.5. The van der Waals surface area contributed by atoms with Gasteiger partial charge < -0.3 is 15.1 Å². The third kappa shape index (κ3) is 2.17. The third-order valence-corrected chi connectivity index (χ3v) is 4.15. The minimum atomic E-state index is -0.574. The van der Waals surface area contributed by atoms with E-state index in [1.54, 1.807) is 6.26 Å². The smallest absolute Gasteiger partial charge is 0.243 e. The highest BCUT2D eigenvalue weighted by Crippen LogP contribution is 2.37. The van der Waals surface area contributed by atoms with Crippen LogP contribution in [0.1, 0.15) is 44.3 Å². The van der Waals surface area contributed by atoms with Crippen molar-refractivity contribution in [2.24, 2.45) is 5.73 Å². The Morgan fingerprint density at radius 2 is 2.17 bits per heavy atom. The molecule has 0 unspecified atom stereocenters. The minimum Gasteiger partial charge on any atom is -0.467 e. The predicted molar refractivity (Wildman–Crippen MR) is 67.7 cm³/mol.